The van der Waals surface area contributed by atoms with E-state index in [1.54, 1.807) is 31.4 Å². The van der Waals surface area contributed by atoms with Gasteiger partial charge in [-0.2, -0.15) is 0 Å². The van der Waals surface area contributed by atoms with Crippen LogP contribution in [0, 0.1) is 11.8 Å². The molecule has 1 aromatic carbocycles. The lowest BCUT2D eigenvalue weighted by Gasteiger charge is -2.04. The number of ether oxygens (including phenoxy) is 1. The summed E-state index contributed by atoms with van der Waals surface area (Å²) in [4.78, 5) is 11.4. The molecule has 1 aromatic rings. The molecule has 0 heterocycles. The Bertz CT molecular complexity index is 415. The van der Waals surface area contributed by atoms with E-state index in [9.17, 15) is 4.79 Å². The minimum atomic E-state index is -0.157. The molecule has 4 nitrogen and oxygen atoms in total. The van der Waals surface area contributed by atoms with Crippen molar-refractivity contribution in [1.29, 1.82) is 0 Å². The molecule has 0 atom stereocenters. The molecule has 1 amide bonds. The highest BCUT2D eigenvalue weighted by Gasteiger charge is 2.01. The molecule has 0 bridgehead atoms. The number of carbonyl (C=O) groups is 1. The molecule has 0 unspecified atom stereocenters. The lowest BCUT2D eigenvalue weighted by Crippen LogP contribution is -2.13. The Morgan fingerprint density at radius 2 is 2.12 bits per heavy atom. The number of hydrogen-bond acceptors (Lipinski definition) is 3. The Morgan fingerprint density at radius 3 is 2.71 bits per heavy atom. The van der Waals surface area contributed by atoms with Gasteiger partial charge in [0.25, 0.3) is 0 Å². The fraction of sp³-hybridized carbons (Fsp3) is 0.308. The van der Waals surface area contributed by atoms with Crippen molar-refractivity contribution >= 4 is 11.6 Å². The molecule has 0 aliphatic carbocycles. The van der Waals surface area contributed by atoms with Crippen molar-refractivity contribution in [3.63, 3.8) is 0 Å². The van der Waals surface area contributed by atoms with Gasteiger partial charge >= 0.3 is 0 Å². The van der Waals surface area contributed by atoms with Gasteiger partial charge in [-0.25, -0.2) is 0 Å². The lowest BCUT2D eigenvalue weighted by molar-refractivity contribution is -0.117. The van der Waals surface area contributed by atoms with Gasteiger partial charge in [-0.05, 0) is 24.3 Å². The van der Waals surface area contributed by atoms with Gasteiger partial charge in [0.05, 0.1) is 13.0 Å². The number of rotatable bonds is 4. The molecule has 0 fully saturated rings. The maximum atomic E-state index is 11.4. The molecule has 0 saturated heterocycles. The highest BCUT2D eigenvalue weighted by atomic mass is 16.5. The van der Waals surface area contributed by atoms with Crippen LogP contribution in [-0.4, -0.2) is 31.3 Å². The van der Waals surface area contributed by atoms with E-state index in [1.807, 2.05) is 0 Å². The molecule has 4 heteroatoms. The van der Waals surface area contributed by atoms with Crippen LogP contribution < -0.4 is 5.32 Å². The topological polar surface area (TPSA) is 58.6 Å². The van der Waals surface area contributed by atoms with E-state index < -0.39 is 0 Å². The molecule has 1 rings (SSSR count). The quantitative estimate of drug-likeness (QED) is 0.763. The number of benzene rings is 1. The van der Waals surface area contributed by atoms with Gasteiger partial charge in [0.15, 0.2) is 0 Å². The highest BCUT2D eigenvalue weighted by Crippen LogP contribution is 2.09. The number of anilines is 1. The molecule has 90 valence electrons. The summed E-state index contributed by atoms with van der Waals surface area (Å²) in [6.45, 7) is 0.251. The van der Waals surface area contributed by atoms with Gasteiger partial charge in [0.2, 0.25) is 5.91 Å². The molecule has 0 radical (unpaired) electrons. The van der Waals surface area contributed by atoms with Crippen molar-refractivity contribution in [2.24, 2.45) is 0 Å². The Hall–Kier alpha value is -1.83. The summed E-state index contributed by atoms with van der Waals surface area (Å²) < 4.78 is 4.81. The third-order valence-corrected chi connectivity index (χ3v) is 2.01. The smallest absolute Gasteiger partial charge is 0.226 e. The Balaban J connectivity index is 2.53. The fourth-order valence-electron chi connectivity index (χ4n) is 1.20. The standard InChI is InChI=1S/C13H15NO3/c1-17-10-8-13(16)14-12-6-4-11(5-7-12)3-2-9-15/h4-7,15H,8-10H2,1H3,(H,14,16). The summed E-state index contributed by atoms with van der Waals surface area (Å²) in [6.07, 6.45) is 0.336. The number of aliphatic hydroxyl groups excluding tert-OH is 1. The van der Waals surface area contributed by atoms with Crippen molar-refractivity contribution in [2.75, 3.05) is 25.6 Å². The third kappa shape index (κ3) is 5.16. The number of aliphatic hydroxyl groups is 1. The average molecular weight is 233 g/mol. The largest absolute Gasteiger partial charge is 0.384 e. The van der Waals surface area contributed by atoms with Gasteiger partial charge in [-0.1, -0.05) is 11.8 Å². The zero-order chi connectivity index (χ0) is 12.5. The predicted molar refractivity (Wildman–Crippen MR) is 65.5 cm³/mol. The van der Waals surface area contributed by atoms with Crippen LogP contribution in [-0.2, 0) is 9.53 Å². The molecular formula is C13H15NO3. The number of methoxy groups -OCH3 is 1. The van der Waals surface area contributed by atoms with Crippen LogP contribution >= 0.6 is 0 Å². The molecule has 2 N–H and O–H groups in total. The lowest BCUT2D eigenvalue weighted by atomic mass is 10.2. The maximum absolute atomic E-state index is 11.4. The number of hydrogen-bond donors (Lipinski definition) is 2. The third-order valence-electron chi connectivity index (χ3n) is 2.01. The van der Waals surface area contributed by atoms with Crippen molar-refractivity contribution in [3.05, 3.63) is 29.8 Å². The van der Waals surface area contributed by atoms with Crippen LogP contribution in [0.3, 0.4) is 0 Å². The van der Waals surface area contributed by atoms with Gasteiger partial charge in [-0.3, -0.25) is 4.79 Å². The number of nitrogens with one attached hydrogen (secondary N) is 1. The molecular weight excluding hydrogens is 218 g/mol. The molecule has 0 aromatic heterocycles. The van der Waals surface area contributed by atoms with Crippen molar-refractivity contribution in [1.82, 2.24) is 0 Å². The van der Waals surface area contributed by atoms with Crippen LogP contribution in [0.15, 0.2) is 24.3 Å². The van der Waals surface area contributed by atoms with Gasteiger partial charge in [0, 0.05) is 18.4 Å². The van der Waals surface area contributed by atoms with Crippen molar-refractivity contribution in [2.45, 2.75) is 6.42 Å². The van der Waals surface area contributed by atoms with Gasteiger partial charge < -0.3 is 15.2 Å². The zero-order valence-corrected chi connectivity index (χ0v) is 9.69. The summed E-state index contributed by atoms with van der Waals surface area (Å²) in [5.41, 5.74) is 1.52. The highest BCUT2D eigenvalue weighted by molar-refractivity contribution is 5.90. The first-order valence-electron chi connectivity index (χ1n) is 5.25. The van der Waals surface area contributed by atoms with E-state index in [-0.39, 0.29) is 12.5 Å². The molecule has 0 spiro atoms. The van der Waals surface area contributed by atoms with E-state index in [4.69, 9.17) is 9.84 Å². The Kier molecular flexibility index (Phi) is 5.80. The minimum Gasteiger partial charge on any atom is -0.384 e. The fourth-order valence-corrected chi connectivity index (χ4v) is 1.20. The molecule has 0 saturated carbocycles. The van der Waals surface area contributed by atoms with Crippen molar-refractivity contribution in [3.8, 4) is 11.8 Å². The van der Waals surface area contributed by atoms with E-state index in [1.165, 1.54) is 0 Å². The Morgan fingerprint density at radius 1 is 1.41 bits per heavy atom. The van der Waals surface area contributed by atoms with Crippen LogP contribution in [0.5, 0.6) is 0 Å². The summed E-state index contributed by atoms with van der Waals surface area (Å²) in [5, 5.41) is 11.3. The SMILES string of the molecule is COCCC(=O)Nc1ccc(C#CCO)cc1. The van der Waals surface area contributed by atoms with E-state index >= 15 is 0 Å². The first-order valence-corrected chi connectivity index (χ1v) is 5.25. The summed E-state index contributed by atoms with van der Waals surface area (Å²) >= 11 is 0. The monoisotopic (exact) mass is 233 g/mol. The second-order valence-electron chi connectivity index (χ2n) is 3.33. The van der Waals surface area contributed by atoms with Crippen LogP contribution in [0.1, 0.15) is 12.0 Å². The molecule has 0 aliphatic heterocycles. The normalized spacial score (nSPS) is 9.29. The first-order chi connectivity index (χ1) is 8.26. The van der Waals surface area contributed by atoms with Gasteiger partial charge in [0.1, 0.15) is 6.61 Å². The molecule has 0 aliphatic rings. The Labute approximate surface area is 101 Å². The zero-order valence-electron chi connectivity index (χ0n) is 9.69. The second-order valence-corrected chi connectivity index (χ2v) is 3.33. The van der Waals surface area contributed by atoms with Crippen LogP contribution in [0.4, 0.5) is 5.69 Å². The van der Waals surface area contributed by atoms with Gasteiger partial charge in [-0.15, -0.1) is 0 Å². The summed E-state index contributed by atoms with van der Waals surface area (Å²) in [7, 11) is 1.56. The predicted octanol–water partition coefficient (Wildman–Crippen LogP) is 1.01. The van der Waals surface area contributed by atoms with Crippen molar-refractivity contribution < 1.29 is 14.6 Å². The van der Waals surface area contributed by atoms with E-state index in [0.29, 0.717) is 13.0 Å². The number of carbonyl (C=O) groups excluding carboxylic acids is 1. The molecule has 17 heavy (non-hydrogen) atoms. The average Bonchev–Trinajstić information content (AvgIpc) is 2.35. The van der Waals surface area contributed by atoms with E-state index in [0.717, 1.165) is 11.3 Å². The van der Waals surface area contributed by atoms with E-state index in [2.05, 4.69) is 17.2 Å². The maximum Gasteiger partial charge on any atom is 0.226 e. The van der Waals surface area contributed by atoms with Crippen LogP contribution in [0.2, 0.25) is 0 Å². The summed E-state index contributed by atoms with van der Waals surface area (Å²) in [5.74, 6) is 5.25. The summed E-state index contributed by atoms with van der Waals surface area (Å²) in [6, 6.07) is 7.11. The first kappa shape index (κ1) is 13.2. The number of amides is 1. The second kappa shape index (κ2) is 7.44. The van der Waals surface area contributed by atoms with Crippen LogP contribution in [0.25, 0.3) is 0 Å². The minimum absolute atomic E-state index is 0.0824.